The number of hydrogen-bond donors (Lipinski definition) is 1. The van der Waals surface area contributed by atoms with Gasteiger partial charge in [-0.15, -0.1) is 0 Å². The Bertz CT molecular complexity index is 221. The molecule has 2 N–H and O–H groups in total. The van der Waals surface area contributed by atoms with E-state index in [2.05, 4.69) is 4.90 Å². The van der Waals surface area contributed by atoms with Crippen LogP contribution in [0.1, 0.15) is 32.1 Å². The van der Waals surface area contributed by atoms with Gasteiger partial charge in [0, 0.05) is 32.3 Å². The second kappa shape index (κ2) is 5.43. The molecule has 2 aliphatic rings. The minimum absolute atomic E-state index is 0.175. The van der Waals surface area contributed by atoms with Crippen LogP contribution in [0.25, 0.3) is 0 Å². The van der Waals surface area contributed by atoms with Gasteiger partial charge in [0.25, 0.3) is 0 Å². The summed E-state index contributed by atoms with van der Waals surface area (Å²) in [5.74, 6) is 0. The van der Waals surface area contributed by atoms with Crippen LogP contribution in [0.15, 0.2) is 0 Å². The number of rotatable bonds is 2. The lowest BCUT2D eigenvalue weighted by Gasteiger charge is -2.33. The summed E-state index contributed by atoms with van der Waals surface area (Å²) in [6.07, 6.45) is 4.36. The summed E-state index contributed by atoms with van der Waals surface area (Å²) in [7, 11) is 0. The lowest BCUT2D eigenvalue weighted by atomic mass is 9.97. The van der Waals surface area contributed by atoms with Gasteiger partial charge in [-0.2, -0.15) is 0 Å². The molecule has 0 aliphatic carbocycles. The summed E-state index contributed by atoms with van der Waals surface area (Å²) in [6, 6.07) is 0.605. The third-order valence-electron chi connectivity index (χ3n) is 3.99. The fourth-order valence-electron chi connectivity index (χ4n) is 2.80. The Morgan fingerprint density at radius 1 is 1.25 bits per heavy atom. The number of hydrogen-bond acceptors (Lipinski definition) is 3. The van der Waals surface area contributed by atoms with Gasteiger partial charge >= 0.3 is 0 Å². The van der Waals surface area contributed by atoms with Crippen LogP contribution in [0.5, 0.6) is 0 Å². The van der Waals surface area contributed by atoms with E-state index in [1.54, 1.807) is 0 Å². The van der Waals surface area contributed by atoms with Crippen molar-refractivity contribution >= 4 is 0 Å². The Morgan fingerprint density at radius 3 is 2.69 bits per heavy atom. The molecule has 1 unspecified atom stereocenters. The highest BCUT2D eigenvalue weighted by Crippen LogP contribution is 2.27. The van der Waals surface area contributed by atoms with E-state index in [0.29, 0.717) is 18.9 Å². The third-order valence-corrected chi connectivity index (χ3v) is 3.99. The quantitative estimate of drug-likeness (QED) is 0.777. The molecule has 1 atom stereocenters. The molecule has 0 aromatic rings. The SMILES string of the molecule is NCC1(F)CCCN(C2CCOCC2)CC1. The van der Waals surface area contributed by atoms with Gasteiger partial charge in [-0.3, -0.25) is 0 Å². The summed E-state index contributed by atoms with van der Waals surface area (Å²) < 4.78 is 19.5. The van der Waals surface area contributed by atoms with E-state index in [-0.39, 0.29) is 6.54 Å². The zero-order valence-corrected chi connectivity index (χ0v) is 9.96. The molecule has 2 saturated heterocycles. The number of nitrogens with zero attached hydrogens (tertiary/aromatic N) is 1. The van der Waals surface area contributed by atoms with Gasteiger partial charge in [-0.1, -0.05) is 0 Å². The standard InChI is InChI=1S/C12H23FN2O/c13-12(10-14)4-1-6-15(7-5-12)11-2-8-16-9-3-11/h11H,1-10,14H2. The average molecular weight is 230 g/mol. The predicted octanol–water partition coefficient (Wildman–Crippen LogP) is 1.32. The first kappa shape index (κ1) is 12.3. The molecule has 3 nitrogen and oxygen atoms in total. The van der Waals surface area contributed by atoms with E-state index in [1.807, 2.05) is 0 Å². The molecular formula is C12H23FN2O. The first-order valence-corrected chi connectivity index (χ1v) is 6.44. The van der Waals surface area contributed by atoms with E-state index < -0.39 is 5.67 Å². The summed E-state index contributed by atoms with van der Waals surface area (Å²) >= 11 is 0. The van der Waals surface area contributed by atoms with Gasteiger partial charge in [-0.25, -0.2) is 4.39 Å². The first-order chi connectivity index (χ1) is 7.73. The molecule has 4 heteroatoms. The van der Waals surface area contributed by atoms with Gasteiger partial charge in [0.05, 0.1) is 0 Å². The van der Waals surface area contributed by atoms with Crippen molar-refractivity contribution in [3.63, 3.8) is 0 Å². The smallest absolute Gasteiger partial charge is 0.124 e. The Morgan fingerprint density at radius 2 is 2.00 bits per heavy atom. The fraction of sp³-hybridized carbons (Fsp3) is 1.00. The second-order valence-corrected chi connectivity index (χ2v) is 5.09. The molecule has 0 aromatic heterocycles. The van der Waals surface area contributed by atoms with Crippen molar-refractivity contribution in [1.29, 1.82) is 0 Å². The van der Waals surface area contributed by atoms with E-state index in [4.69, 9.17) is 10.5 Å². The summed E-state index contributed by atoms with van der Waals surface area (Å²) in [4.78, 5) is 2.44. The monoisotopic (exact) mass is 230 g/mol. The molecular weight excluding hydrogens is 207 g/mol. The van der Waals surface area contributed by atoms with Crippen molar-refractivity contribution < 1.29 is 9.13 Å². The fourth-order valence-corrected chi connectivity index (χ4v) is 2.80. The number of likely N-dealkylation sites (tertiary alicyclic amines) is 1. The van der Waals surface area contributed by atoms with E-state index in [0.717, 1.165) is 45.6 Å². The van der Waals surface area contributed by atoms with Crippen LogP contribution >= 0.6 is 0 Å². The van der Waals surface area contributed by atoms with Crippen LogP contribution in [0.4, 0.5) is 4.39 Å². The van der Waals surface area contributed by atoms with Gasteiger partial charge in [0.15, 0.2) is 0 Å². The summed E-state index contributed by atoms with van der Waals surface area (Å²) in [5, 5.41) is 0. The van der Waals surface area contributed by atoms with Gasteiger partial charge in [0.1, 0.15) is 5.67 Å². The molecule has 0 bridgehead atoms. The van der Waals surface area contributed by atoms with E-state index in [1.165, 1.54) is 0 Å². The van der Waals surface area contributed by atoms with Crippen molar-refractivity contribution in [3.05, 3.63) is 0 Å². The lowest BCUT2D eigenvalue weighted by molar-refractivity contribution is 0.0332. The Balaban J connectivity index is 1.87. The van der Waals surface area contributed by atoms with Crippen molar-refractivity contribution in [1.82, 2.24) is 4.90 Å². The molecule has 2 rings (SSSR count). The van der Waals surface area contributed by atoms with Crippen LogP contribution in [0.2, 0.25) is 0 Å². The van der Waals surface area contributed by atoms with Gasteiger partial charge < -0.3 is 15.4 Å². The van der Waals surface area contributed by atoms with Crippen LogP contribution in [-0.2, 0) is 4.74 Å². The molecule has 0 radical (unpaired) electrons. The summed E-state index contributed by atoms with van der Waals surface area (Å²) in [6.45, 7) is 3.78. The van der Waals surface area contributed by atoms with Crippen LogP contribution in [-0.4, -0.2) is 49.5 Å². The topological polar surface area (TPSA) is 38.5 Å². The molecule has 2 heterocycles. The number of alkyl halides is 1. The van der Waals surface area contributed by atoms with Crippen LogP contribution < -0.4 is 5.73 Å². The van der Waals surface area contributed by atoms with E-state index >= 15 is 0 Å². The minimum Gasteiger partial charge on any atom is -0.381 e. The summed E-state index contributed by atoms with van der Waals surface area (Å²) in [5.41, 5.74) is 4.41. The maximum atomic E-state index is 14.1. The number of nitrogens with two attached hydrogens (primary N) is 1. The first-order valence-electron chi connectivity index (χ1n) is 6.44. The predicted molar refractivity (Wildman–Crippen MR) is 62.2 cm³/mol. The van der Waals surface area contributed by atoms with Crippen molar-refractivity contribution in [2.24, 2.45) is 5.73 Å². The molecule has 2 fully saturated rings. The zero-order valence-electron chi connectivity index (χ0n) is 9.96. The molecule has 2 aliphatic heterocycles. The highest BCUT2D eigenvalue weighted by atomic mass is 19.1. The molecule has 0 aromatic carbocycles. The Kier molecular flexibility index (Phi) is 4.16. The number of halogens is 1. The minimum atomic E-state index is -1.11. The van der Waals surface area contributed by atoms with Crippen molar-refractivity contribution in [2.75, 3.05) is 32.8 Å². The van der Waals surface area contributed by atoms with Crippen LogP contribution in [0, 0.1) is 0 Å². The maximum Gasteiger partial charge on any atom is 0.124 e. The average Bonchev–Trinajstić information content (AvgIpc) is 2.53. The zero-order chi connectivity index (χ0) is 11.4. The largest absolute Gasteiger partial charge is 0.381 e. The van der Waals surface area contributed by atoms with Crippen molar-refractivity contribution in [2.45, 2.75) is 43.8 Å². The molecule has 16 heavy (non-hydrogen) atoms. The van der Waals surface area contributed by atoms with Crippen molar-refractivity contribution in [3.8, 4) is 0 Å². The second-order valence-electron chi connectivity index (χ2n) is 5.09. The van der Waals surface area contributed by atoms with E-state index in [9.17, 15) is 4.39 Å². The number of ether oxygens (including phenoxy) is 1. The third kappa shape index (κ3) is 2.93. The highest BCUT2D eigenvalue weighted by Gasteiger charge is 2.33. The Hall–Kier alpha value is -0.190. The maximum absolute atomic E-state index is 14.1. The van der Waals surface area contributed by atoms with Crippen LogP contribution in [0.3, 0.4) is 0 Å². The normalized spacial score (nSPS) is 34.9. The molecule has 0 saturated carbocycles. The molecule has 0 amide bonds. The van der Waals surface area contributed by atoms with Gasteiger partial charge in [-0.05, 0) is 38.6 Å². The lowest BCUT2D eigenvalue weighted by Crippen LogP contribution is -2.41. The Labute approximate surface area is 97.1 Å². The molecule has 0 spiro atoms. The highest BCUT2D eigenvalue weighted by molar-refractivity contribution is 4.87. The van der Waals surface area contributed by atoms with Gasteiger partial charge in [0.2, 0.25) is 0 Å². The molecule has 94 valence electrons.